The zero-order valence-corrected chi connectivity index (χ0v) is 9.88. The molecule has 0 aromatic carbocycles. The van der Waals surface area contributed by atoms with Gasteiger partial charge in [0.25, 0.3) is 0 Å². The number of anilines is 1. The standard InChI is InChI=1S/C11H15N3O3/c1-8-3-4-9(14(16)17)10(12-8)13-6-5-11(2,15)7-13/h3-4,15H,5-7H2,1-2H3. The molecule has 1 aromatic rings. The molecule has 2 heterocycles. The Labute approximate surface area is 99.0 Å². The largest absolute Gasteiger partial charge is 0.388 e. The predicted octanol–water partition coefficient (Wildman–Crippen LogP) is 1.26. The van der Waals surface area contributed by atoms with Crippen molar-refractivity contribution >= 4 is 11.5 Å². The van der Waals surface area contributed by atoms with Crippen molar-refractivity contribution in [3.8, 4) is 0 Å². The molecule has 0 saturated carbocycles. The first-order valence-corrected chi connectivity index (χ1v) is 5.48. The molecule has 1 aromatic heterocycles. The molecule has 92 valence electrons. The summed E-state index contributed by atoms with van der Waals surface area (Å²) in [4.78, 5) is 16.5. The SMILES string of the molecule is Cc1ccc([N+](=O)[O-])c(N2CCC(C)(O)C2)n1. The highest BCUT2D eigenvalue weighted by Crippen LogP contribution is 2.31. The second-order valence-corrected chi connectivity index (χ2v) is 4.72. The smallest absolute Gasteiger partial charge is 0.311 e. The van der Waals surface area contributed by atoms with Crippen molar-refractivity contribution in [1.29, 1.82) is 0 Å². The van der Waals surface area contributed by atoms with Crippen LogP contribution in [-0.2, 0) is 0 Å². The fraction of sp³-hybridized carbons (Fsp3) is 0.545. The maximum Gasteiger partial charge on any atom is 0.311 e. The van der Waals surface area contributed by atoms with Crippen LogP contribution in [0.3, 0.4) is 0 Å². The van der Waals surface area contributed by atoms with Crippen molar-refractivity contribution in [3.63, 3.8) is 0 Å². The zero-order valence-electron chi connectivity index (χ0n) is 9.88. The summed E-state index contributed by atoms with van der Waals surface area (Å²) in [6, 6.07) is 3.08. The number of nitro groups is 1. The molecule has 1 aliphatic rings. The third-order valence-electron chi connectivity index (χ3n) is 2.94. The molecule has 1 fully saturated rings. The van der Waals surface area contributed by atoms with Crippen LogP contribution < -0.4 is 4.90 Å². The Hall–Kier alpha value is -1.69. The molecule has 0 amide bonds. The molecular weight excluding hydrogens is 222 g/mol. The minimum absolute atomic E-state index is 0.00620. The molecule has 0 bridgehead atoms. The van der Waals surface area contributed by atoms with E-state index in [0.717, 1.165) is 5.69 Å². The highest BCUT2D eigenvalue weighted by Gasteiger charge is 2.35. The number of hydrogen-bond donors (Lipinski definition) is 1. The number of hydrogen-bond acceptors (Lipinski definition) is 5. The molecular formula is C11H15N3O3. The van der Waals surface area contributed by atoms with Gasteiger partial charge in [0.1, 0.15) is 0 Å². The van der Waals surface area contributed by atoms with Crippen molar-refractivity contribution in [2.75, 3.05) is 18.0 Å². The van der Waals surface area contributed by atoms with Crippen molar-refractivity contribution in [3.05, 3.63) is 27.9 Å². The summed E-state index contributed by atoms with van der Waals surface area (Å²) in [6.45, 7) is 4.49. The molecule has 17 heavy (non-hydrogen) atoms. The highest BCUT2D eigenvalue weighted by atomic mass is 16.6. The molecule has 0 radical (unpaired) electrons. The van der Waals surface area contributed by atoms with E-state index in [1.807, 2.05) is 0 Å². The third-order valence-corrected chi connectivity index (χ3v) is 2.94. The summed E-state index contributed by atoms with van der Waals surface area (Å²) in [5, 5.41) is 20.8. The number of rotatable bonds is 2. The molecule has 1 aliphatic heterocycles. The van der Waals surface area contributed by atoms with Crippen LogP contribution in [0.5, 0.6) is 0 Å². The summed E-state index contributed by atoms with van der Waals surface area (Å²) in [5.41, 5.74) is -0.0651. The van der Waals surface area contributed by atoms with Gasteiger partial charge in [0.05, 0.1) is 10.5 Å². The lowest BCUT2D eigenvalue weighted by atomic mass is 10.1. The van der Waals surface area contributed by atoms with E-state index in [1.54, 1.807) is 24.8 Å². The first-order valence-electron chi connectivity index (χ1n) is 5.48. The van der Waals surface area contributed by atoms with Gasteiger partial charge in [0.15, 0.2) is 0 Å². The summed E-state index contributed by atoms with van der Waals surface area (Å²) < 4.78 is 0. The zero-order chi connectivity index (χ0) is 12.6. The summed E-state index contributed by atoms with van der Waals surface area (Å²) in [5.74, 6) is 0.354. The normalized spacial score (nSPS) is 24.1. The van der Waals surface area contributed by atoms with Crippen molar-refractivity contribution in [2.24, 2.45) is 0 Å². The maximum absolute atomic E-state index is 10.9. The van der Waals surface area contributed by atoms with Gasteiger partial charge in [-0.25, -0.2) is 4.98 Å². The van der Waals surface area contributed by atoms with Crippen LogP contribution in [0.15, 0.2) is 12.1 Å². The number of aliphatic hydroxyl groups is 1. The highest BCUT2D eigenvalue weighted by molar-refractivity contribution is 5.59. The Morgan fingerprint density at radius 3 is 2.82 bits per heavy atom. The van der Waals surface area contributed by atoms with Crippen LogP contribution in [-0.4, -0.2) is 33.7 Å². The lowest BCUT2D eigenvalue weighted by molar-refractivity contribution is -0.384. The van der Waals surface area contributed by atoms with E-state index in [-0.39, 0.29) is 5.69 Å². The summed E-state index contributed by atoms with van der Waals surface area (Å²) in [7, 11) is 0. The van der Waals surface area contributed by atoms with Crippen molar-refractivity contribution in [2.45, 2.75) is 25.9 Å². The fourth-order valence-corrected chi connectivity index (χ4v) is 2.04. The van der Waals surface area contributed by atoms with Crippen LogP contribution in [0.4, 0.5) is 11.5 Å². The van der Waals surface area contributed by atoms with E-state index in [4.69, 9.17) is 0 Å². The predicted molar refractivity (Wildman–Crippen MR) is 63.1 cm³/mol. The van der Waals surface area contributed by atoms with Crippen molar-refractivity contribution < 1.29 is 10.0 Å². The Balaban J connectivity index is 2.38. The molecule has 1 N–H and O–H groups in total. The van der Waals surface area contributed by atoms with Crippen LogP contribution >= 0.6 is 0 Å². The van der Waals surface area contributed by atoms with Gasteiger partial charge in [-0.15, -0.1) is 0 Å². The Morgan fingerprint density at radius 2 is 2.29 bits per heavy atom. The first kappa shape index (κ1) is 11.8. The summed E-state index contributed by atoms with van der Waals surface area (Å²) in [6.07, 6.45) is 0.597. The molecule has 1 saturated heterocycles. The minimum Gasteiger partial charge on any atom is -0.388 e. The third kappa shape index (κ3) is 2.36. The molecule has 0 spiro atoms. The Morgan fingerprint density at radius 1 is 1.59 bits per heavy atom. The van der Waals surface area contributed by atoms with E-state index in [2.05, 4.69) is 4.98 Å². The van der Waals surface area contributed by atoms with Crippen LogP contribution in [0.2, 0.25) is 0 Å². The van der Waals surface area contributed by atoms with Crippen molar-refractivity contribution in [1.82, 2.24) is 4.98 Å². The molecule has 1 unspecified atom stereocenters. The summed E-state index contributed by atoms with van der Waals surface area (Å²) >= 11 is 0. The number of β-amino-alcohol motifs (C(OH)–C–C–N with tert-alkyl or cyclic N) is 1. The number of aromatic nitrogens is 1. The van der Waals surface area contributed by atoms with Crippen LogP contribution in [0.25, 0.3) is 0 Å². The number of nitrogens with zero attached hydrogens (tertiary/aromatic N) is 3. The van der Waals surface area contributed by atoms with Gasteiger partial charge in [0.2, 0.25) is 5.82 Å². The van der Waals surface area contributed by atoms with Crippen LogP contribution in [0.1, 0.15) is 19.0 Å². The minimum atomic E-state index is -0.792. The second kappa shape index (κ2) is 3.96. The lowest BCUT2D eigenvalue weighted by Gasteiger charge is -2.19. The van der Waals surface area contributed by atoms with Gasteiger partial charge in [-0.1, -0.05) is 0 Å². The van der Waals surface area contributed by atoms with Gasteiger partial charge in [-0.2, -0.15) is 0 Å². The van der Waals surface area contributed by atoms with Gasteiger partial charge in [0, 0.05) is 24.8 Å². The lowest BCUT2D eigenvalue weighted by Crippen LogP contribution is -2.30. The van der Waals surface area contributed by atoms with E-state index in [0.29, 0.717) is 25.3 Å². The quantitative estimate of drug-likeness (QED) is 0.618. The van der Waals surface area contributed by atoms with Gasteiger partial charge >= 0.3 is 5.69 Å². The topological polar surface area (TPSA) is 79.5 Å². The number of pyridine rings is 1. The second-order valence-electron chi connectivity index (χ2n) is 4.72. The van der Waals surface area contributed by atoms with Crippen LogP contribution in [0, 0.1) is 17.0 Å². The molecule has 6 heteroatoms. The van der Waals surface area contributed by atoms with E-state index < -0.39 is 10.5 Å². The van der Waals surface area contributed by atoms with Gasteiger partial charge in [-0.3, -0.25) is 10.1 Å². The average Bonchev–Trinajstić information content (AvgIpc) is 2.58. The number of aryl methyl sites for hydroxylation is 1. The molecule has 2 rings (SSSR count). The van der Waals surface area contributed by atoms with Gasteiger partial charge < -0.3 is 10.0 Å². The Kier molecular flexibility index (Phi) is 2.74. The molecule has 6 nitrogen and oxygen atoms in total. The molecule has 0 aliphatic carbocycles. The van der Waals surface area contributed by atoms with Gasteiger partial charge in [-0.05, 0) is 26.3 Å². The first-order chi connectivity index (χ1) is 7.89. The van der Waals surface area contributed by atoms with E-state index in [1.165, 1.54) is 6.07 Å². The fourth-order valence-electron chi connectivity index (χ4n) is 2.04. The Bertz CT molecular complexity index is 459. The average molecular weight is 237 g/mol. The monoisotopic (exact) mass is 237 g/mol. The molecule has 1 atom stereocenters. The van der Waals surface area contributed by atoms with E-state index >= 15 is 0 Å². The maximum atomic E-state index is 10.9. The van der Waals surface area contributed by atoms with E-state index in [9.17, 15) is 15.2 Å².